The van der Waals surface area contributed by atoms with E-state index in [-0.39, 0.29) is 0 Å². The summed E-state index contributed by atoms with van der Waals surface area (Å²) in [5.74, 6) is -4.76. The van der Waals surface area contributed by atoms with Gasteiger partial charge in [0.25, 0.3) is 0 Å². The third-order valence-corrected chi connectivity index (χ3v) is 5.57. The first-order chi connectivity index (χ1) is 20.3. The molecule has 2 atom stereocenters. The Bertz CT molecular complexity index is 606. The van der Waals surface area contributed by atoms with Crippen molar-refractivity contribution in [1.29, 1.82) is 0 Å². The van der Waals surface area contributed by atoms with Crippen molar-refractivity contribution in [3.63, 3.8) is 0 Å². The molecule has 0 heterocycles. The molecule has 0 rings (SSSR count). The minimum atomic E-state index is -1.82. The highest BCUT2D eigenvalue weighted by atomic mass is 16.6. The van der Waals surface area contributed by atoms with Crippen molar-refractivity contribution in [2.24, 2.45) is 0 Å². The zero-order chi connectivity index (χ0) is 33.9. The SMILES string of the molecule is CCCCCCCC(=O)O.CCCCCCCC(=O)O.CCCCCCCC(=O)O.O=C(OC(=O)C(O)CO)C(O)CO. The van der Waals surface area contributed by atoms with E-state index in [4.69, 9.17) is 35.7 Å². The number of aliphatic carboxylic acids is 3. The molecule has 0 saturated heterocycles. The van der Waals surface area contributed by atoms with Gasteiger partial charge < -0.3 is 40.5 Å². The van der Waals surface area contributed by atoms with Gasteiger partial charge >= 0.3 is 29.8 Å². The molecule has 0 amide bonds. The molecule has 2 unspecified atom stereocenters. The summed E-state index contributed by atoms with van der Waals surface area (Å²) in [4.78, 5) is 51.2. The van der Waals surface area contributed by atoms with Crippen molar-refractivity contribution in [3.05, 3.63) is 0 Å². The van der Waals surface area contributed by atoms with Gasteiger partial charge in [0.15, 0.2) is 12.2 Å². The molecule has 0 fully saturated rings. The van der Waals surface area contributed by atoms with Crippen molar-refractivity contribution in [2.75, 3.05) is 13.2 Å². The third-order valence-electron chi connectivity index (χ3n) is 5.57. The normalized spacial score (nSPS) is 11.2. The number of hydrogen-bond donors (Lipinski definition) is 7. The fraction of sp³-hybridized carbons (Fsp3) is 0.833. The highest BCUT2D eigenvalue weighted by molar-refractivity contribution is 5.89. The fourth-order valence-corrected chi connectivity index (χ4v) is 3.02. The van der Waals surface area contributed by atoms with Crippen LogP contribution >= 0.6 is 0 Å². The van der Waals surface area contributed by atoms with Gasteiger partial charge in [-0.15, -0.1) is 0 Å². The number of aliphatic hydroxyl groups is 4. The Balaban J connectivity index is -0.000000238. The highest BCUT2D eigenvalue weighted by Gasteiger charge is 2.23. The molecular weight excluding hydrogens is 568 g/mol. The first kappa shape index (κ1) is 47.3. The number of carboxylic acid groups (broad SMARTS) is 3. The van der Waals surface area contributed by atoms with Crippen LogP contribution in [0.15, 0.2) is 0 Å². The van der Waals surface area contributed by atoms with Gasteiger partial charge in [0, 0.05) is 19.3 Å². The van der Waals surface area contributed by atoms with Gasteiger partial charge in [-0.05, 0) is 19.3 Å². The summed E-state index contributed by atoms with van der Waals surface area (Å²) in [6, 6.07) is 0. The molecule has 0 aromatic carbocycles. The summed E-state index contributed by atoms with van der Waals surface area (Å²) in [5, 5.41) is 58.5. The Hall–Kier alpha value is -2.61. The molecule has 13 heteroatoms. The Morgan fingerprint density at radius 2 is 0.698 bits per heavy atom. The number of aliphatic hydroxyl groups excluding tert-OH is 4. The van der Waals surface area contributed by atoms with Gasteiger partial charge in [-0.1, -0.05) is 97.8 Å². The van der Waals surface area contributed by atoms with Gasteiger partial charge in [0.05, 0.1) is 13.2 Å². The second-order valence-corrected chi connectivity index (χ2v) is 9.81. The van der Waals surface area contributed by atoms with Gasteiger partial charge in [-0.2, -0.15) is 0 Å². The molecule has 43 heavy (non-hydrogen) atoms. The van der Waals surface area contributed by atoms with Crippen molar-refractivity contribution in [1.82, 2.24) is 0 Å². The lowest BCUT2D eigenvalue weighted by Gasteiger charge is -2.08. The minimum Gasteiger partial charge on any atom is -0.481 e. The zero-order valence-electron chi connectivity index (χ0n) is 26.4. The van der Waals surface area contributed by atoms with Gasteiger partial charge in [0.2, 0.25) is 0 Å². The maximum atomic E-state index is 10.6. The predicted molar refractivity (Wildman–Crippen MR) is 160 cm³/mol. The van der Waals surface area contributed by atoms with E-state index in [0.717, 1.165) is 38.5 Å². The first-order valence-electron chi connectivity index (χ1n) is 15.3. The standard InChI is InChI=1S/3C8H16O2.C6H10O7/c3*1-2-3-4-5-6-7-8(9)10;7-1-3(9)5(11)13-6(12)4(10)2-8/h3*2-7H2,1H3,(H,9,10);3-4,7-10H,1-2H2. The van der Waals surface area contributed by atoms with Crippen LogP contribution < -0.4 is 0 Å². The summed E-state index contributed by atoms with van der Waals surface area (Å²) in [7, 11) is 0. The van der Waals surface area contributed by atoms with E-state index in [2.05, 4.69) is 25.5 Å². The third kappa shape index (κ3) is 46.6. The van der Waals surface area contributed by atoms with E-state index in [9.17, 15) is 24.0 Å². The molecule has 0 spiro atoms. The maximum absolute atomic E-state index is 10.6. The molecule has 0 saturated carbocycles. The van der Waals surface area contributed by atoms with Gasteiger partial charge in [0.1, 0.15) is 0 Å². The molecule has 7 N–H and O–H groups in total. The quantitative estimate of drug-likeness (QED) is 0.0510. The van der Waals surface area contributed by atoms with Crippen molar-refractivity contribution in [3.8, 4) is 0 Å². The largest absolute Gasteiger partial charge is 0.481 e. The van der Waals surface area contributed by atoms with E-state index in [1.54, 1.807) is 0 Å². The summed E-state index contributed by atoms with van der Waals surface area (Å²) < 4.78 is 3.86. The summed E-state index contributed by atoms with van der Waals surface area (Å²) >= 11 is 0. The maximum Gasteiger partial charge on any atom is 0.345 e. The van der Waals surface area contributed by atoms with E-state index >= 15 is 0 Å². The van der Waals surface area contributed by atoms with Crippen LogP contribution in [0.4, 0.5) is 0 Å². The zero-order valence-corrected chi connectivity index (χ0v) is 26.4. The van der Waals surface area contributed by atoms with Crippen LogP contribution in [-0.2, 0) is 28.7 Å². The first-order valence-corrected chi connectivity index (χ1v) is 15.3. The van der Waals surface area contributed by atoms with Gasteiger partial charge in [-0.3, -0.25) is 14.4 Å². The molecular formula is C30H58O13. The Morgan fingerprint density at radius 3 is 0.884 bits per heavy atom. The molecule has 0 aliphatic heterocycles. The van der Waals surface area contributed by atoms with E-state index in [0.29, 0.717) is 19.3 Å². The lowest BCUT2D eigenvalue weighted by Crippen LogP contribution is -2.34. The predicted octanol–water partition coefficient (Wildman–Crippen LogP) is 4.06. The molecule has 0 radical (unpaired) electrons. The Labute approximate surface area is 256 Å². The topological polar surface area (TPSA) is 236 Å². The smallest absolute Gasteiger partial charge is 0.345 e. The molecule has 0 aromatic heterocycles. The number of hydrogen-bond acceptors (Lipinski definition) is 10. The molecule has 13 nitrogen and oxygen atoms in total. The summed E-state index contributed by atoms with van der Waals surface area (Å²) in [6.45, 7) is 4.67. The second-order valence-electron chi connectivity index (χ2n) is 9.81. The lowest BCUT2D eigenvalue weighted by molar-refractivity contribution is -0.173. The van der Waals surface area contributed by atoms with Crippen LogP contribution in [-0.4, -0.2) is 91.0 Å². The van der Waals surface area contributed by atoms with Crippen molar-refractivity contribution < 1.29 is 64.5 Å². The average Bonchev–Trinajstić information content (AvgIpc) is 2.96. The molecule has 0 aromatic rings. The number of carbonyl (C=O) groups is 5. The highest BCUT2D eigenvalue weighted by Crippen LogP contribution is 2.05. The average molecular weight is 627 g/mol. The molecule has 0 bridgehead atoms. The number of esters is 2. The lowest BCUT2D eigenvalue weighted by atomic mass is 10.1. The van der Waals surface area contributed by atoms with E-state index < -0.39 is 55.3 Å². The fourth-order valence-electron chi connectivity index (χ4n) is 3.02. The molecule has 256 valence electrons. The van der Waals surface area contributed by atoms with Crippen molar-refractivity contribution in [2.45, 2.75) is 149 Å². The summed E-state index contributed by atoms with van der Waals surface area (Å²) in [5.41, 5.74) is 0. The number of carbonyl (C=O) groups excluding carboxylic acids is 2. The van der Waals surface area contributed by atoms with E-state index in [1.807, 2.05) is 0 Å². The minimum absolute atomic E-state index is 0.337. The van der Waals surface area contributed by atoms with Crippen molar-refractivity contribution >= 4 is 29.8 Å². The van der Waals surface area contributed by atoms with Crippen LogP contribution in [0.1, 0.15) is 136 Å². The number of unbranched alkanes of at least 4 members (excludes halogenated alkanes) is 12. The van der Waals surface area contributed by atoms with Crippen LogP contribution in [0.3, 0.4) is 0 Å². The number of carboxylic acids is 3. The van der Waals surface area contributed by atoms with Crippen LogP contribution in [0.2, 0.25) is 0 Å². The van der Waals surface area contributed by atoms with Gasteiger partial charge in [-0.25, -0.2) is 9.59 Å². The van der Waals surface area contributed by atoms with Crippen LogP contribution in [0.5, 0.6) is 0 Å². The number of rotatable bonds is 22. The second kappa shape index (κ2) is 37.4. The monoisotopic (exact) mass is 626 g/mol. The Morgan fingerprint density at radius 1 is 0.465 bits per heavy atom. The molecule has 0 aliphatic carbocycles. The number of ether oxygens (including phenoxy) is 1. The van der Waals surface area contributed by atoms with Crippen LogP contribution in [0.25, 0.3) is 0 Å². The molecule has 0 aliphatic rings. The summed E-state index contributed by atoms with van der Waals surface area (Å²) in [6.07, 6.45) is 14.0. The van der Waals surface area contributed by atoms with Crippen LogP contribution in [0, 0.1) is 0 Å². The Kier molecular flexibility index (Phi) is 41.2. The van der Waals surface area contributed by atoms with E-state index in [1.165, 1.54) is 57.8 Å².